The summed E-state index contributed by atoms with van der Waals surface area (Å²) in [7, 11) is 0. The lowest BCUT2D eigenvalue weighted by Crippen LogP contribution is -2.35. The van der Waals surface area contributed by atoms with Crippen molar-refractivity contribution in [3.63, 3.8) is 0 Å². The second-order valence-electron chi connectivity index (χ2n) is 5.77. The average molecular weight is 340 g/mol. The van der Waals surface area contributed by atoms with E-state index < -0.39 is 0 Å². The SMILES string of the molecule is CCC1CCCCCN1CCC(O)c1ccccc1Br. The fraction of sp³-hybridized carbons (Fsp3) is 0.647. The van der Waals surface area contributed by atoms with Crippen LogP contribution >= 0.6 is 15.9 Å². The highest BCUT2D eigenvalue weighted by atomic mass is 79.9. The standard InChI is InChI=1S/C17H26BrNO/c1-2-14-8-4-3-7-12-19(14)13-11-17(20)15-9-5-6-10-16(15)18/h5-6,9-10,14,17,20H,2-4,7-8,11-13H2,1H3. The molecule has 2 rings (SSSR count). The quantitative estimate of drug-likeness (QED) is 0.851. The van der Waals surface area contributed by atoms with Crippen LogP contribution in [0.5, 0.6) is 0 Å². The van der Waals surface area contributed by atoms with Gasteiger partial charge >= 0.3 is 0 Å². The van der Waals surface area contributed by atoms with Crippen molar-refractivity contribution < 1.29 is 5.11 Å². The highest BCUT2D eigenvalue weighted by Crippen LogP contribution is 2.27. The molecule has 3 heteroatoms. The van der Waals surface area contributed by atoms with Gasteiger partial charge in [-0.3, -0.25) is 0 Å². The molecule has 2 atom stereocenters. The van der Waals surface area contributed by atoms with E-state index in [-0.39, 0.29) is 6.10 Å². The van der Waals surface area contributed by atoms with Crippen molar-refractivity contribution in [2.45, 2.75) is 57.6 Å². The highest BCUT2D eigenvalue weighted by molar-refractivity contribution is 9.10. The Morgan fingerprint density at radius 3 is 2.85 bits per heavy atom. The van der Waals surface area contributed by atoms with Crippen LogP contribution in [-0.2, 0) is 0 Å². The van der Waals surface area contributed by atoms with Crippen molar-refractivity contribution in [3.8, 4) is 0 Å². The predicted octanol–water partition coefficient (Wildman–Crippen LogP) is 4.53. The zero-order valence-electron chi connectivity index (χ0n) is 12.4. The molecule has 1 heterocycles. The van der Waals surface area contributed by atoms with Crippen LogP contribution in [0.1, 0.15) is 57.1 Å². The molecule has 1 aromatic carbocycles. The van der Waals surface area contributed by atoms with Gasteiger partial charge in [-0.05, 0) is 43.9 Å². The van der Waals surface area contributed by atoms with Gasteiger partial charge in [-0.15, -0.1) is 0 Å². The van der Waals surface area contributed by atoms with Crippen LogP contribution in [-0.4, -0.2) is 29.1 Å². The normalized spacial score (nSPS) is 22.4. The minimum absolute atomic E-state index is 0.369. The molecule has 0 saturated carbocycles. The number of nitrogens with zero attached hydrogens (tertiary/aromatic N) is 1. The number of benzene rings is 1. The molecule has 2 unspecified atom stereocenters. The van der Waals surface area contributed by atoms with E-state index in [1.54, 1.807) is 0 Å². The summed E-state index contributed by atoms with van der Waals surface area (Å²) >= 11 is 3.53. The zero-order valence-corrected chi connectivity index (χ0v) is 14.0. The number of halogens is 1. The molecule has 1 saturated heterocycles. The number of aliphatic hydroxyl groups excluding tert-OH is 1. The van der Waals surface area contributed by atoms with Crippen molar-refractivity contribution in [1.82, 2.24) is 4.90 Å². The number of rotatable bonds is 5. The van der Waals surface area contributed by atoms with E-state index in [2.05, 4.69) is 27.8 Å². The molecule has 1 fully saturated rings. The van der Waals surface area contributed by atoms with Gasteiger partial charge in [0.2, 0.25) is 0 Å². The van der Waals surface area contributed by atoms with Crippen LogP contribution in [0.4, 0.5) is 0 Å². The Morgan fingerprint density at radius 1 is 1.30 bits per heavy atom. The van der Waals surface area contributed by atoms with Gasteiger partial charge in [0.05, 0.1) is 6.10 Å². The average Bonchev–Trinajstić information content (AvgIpc) is 2.70. The largest absolute Gasteiger partial charge is 0.388 e. The van der Waals surface area contributed by atoms with Crippen molar-refractivity contribution >= 4 is 15.9 Å². The Morgan fingerprint density at radius 2 is 2.10 bits per heavy atom. The van der Waals surface area contributed by atoms with Gasteiger partial charge in [0.25, 0.3) is 0 Å². The van der Waals surface area contributed by atoms with Crippen LogP contribution in [0.25, 0.3) is 0 Å². The molecule has 0 radical (unpaired) electrons. The first-order chi connectivity index (χ1) is 9.72. The van der Waals surface area contributed by atoms with E-state index in [9.17, 15) is 5.11 Å². The van der Waals surface area contributed by atoms with Gasteiger partial charge < -0.3 is 10.0 Å². The van der Waals surface area contributed by atoms with E-state index >= 15 is 0 Å². The van der Waals surface area contributed by atoms with Gasteiger partial charge in [-0.25, -0.2) is 0 Å². The molecule has 0 amide bonds. The smallest absolute Gasteiger partial charge is 0.0813 e. The van der Waals surface area contributed by atoms with E-state index in [0.717, 1.165) is 23.0 Å². The van der Waals surface area contributed by atoms with Crippen LogP contribution in [0.2, 0.25) is 0 Å². The second kappa shape index (κ2) is 8.16. The third-order valence-electron chi connectivity index (χ3n) is 4.42. The number of aliphatic hydroxyl groups is 1. The zero-order chi connectivity index (χ0) is 14.4. The molecule has 1 aromatic rings. The molecule has 1 aliphatic heterocycles. The first kappa shape index (κ1) is 16.0. The maximum absolute atomic E-state index is 10.4. The van der Waals surface area contributed by atoms with Crippen molar-refractivity contribution in [1.29, 1.82) is 0 Å². The van der Waals surface area contributed by atoms with Crippen molar-refractivity contribution in [2.75, 3.05) is 13.1 Å². The lowest BCUT2D eigenvalue weighted by Gasteiger charge is -2.30. The minimum Gasteiger partial charge on any atom is -0.388 e. The molecule has 0 spiro atoms. The maximum Gasteiger partial charge on any atom is 0.0813 e. The first-order valence-corrected chi connectivity index (χ1v) is 8.68. The van der Waals surface area contributed by atoms with Gasteiger partial charge in [-0.1, -0.05) is 53.9 Å². The lowest BCUT2D eigenvalue weighted by atomic mass is 10.0. The second-order valence-corrected chi connectivity index (χ2v) is 6.63. The Hall–Kier alpha value is -0.380. The van der Waals surface area contributed by atoms with Crippen LogP contribution < -0.4 is 0 Å². The minimum atomic E-state index is -0.369. The van der Waals surface area contributed by atoms with Crippen LogP contribution in [0.3, 0.4) is 0 Å². The van der Waals surface area contributed by atoms with Crippen molar-refractivity contribution in [2.24, 2.45) is 0 Å². The maximum atomic E-state index is 10.4. The molecule has 0 aromatic heterocycles. The summed E-state index contributed by atoms with van der Waals surface area (Å²) < 4.78 is 1.01. The fourth-order valence-electron chi connectivity index (χ4n) is 3.18. The Labute approximate surface area is 131 Å². The first-order valence-electron chi connectivity index (χ1n) is 7.89. The molecule has 112 valence electrons. The summed E-state index contributed by atoms with van der Waals surface area (Å²) in [5, 5.41) is 10.4. The summed E-state index contributed by atoms with van der Waals surface area (Å²) in [6.07, 6.45) is 7.03. The molecule has 0 aliphatic carbocycles. The summed E-state index contributed by atoms with van der Waals surface area (Å²) in [6, 6.07) is 8.70. The fourth-order valence-corrected chi connectivity index (χ4v) is 3.73. The van der Waals surface area contributed by atoms with E-state index in [1.807, 2.05) is 24.3 Å². The molecule has 1 N–H and O–H groups in total. The number of likely N-dealkylation sites (tertiary alicyclic amines) is 1. The predicted molar refractivity (Wildman–Crippen MR) is 87.8 cm³/mol. The molecule has 2 nitrogen and oxygen atoms in total. The molecular formula is C17H26BrNO. The van der Waals surface area contributed by atoms with E-state index in [1.165, 1.54) is 38.6 Å². The summed E-state index contributed by atoms with van der Waals surface area (Å²) in [5.41, 5.74) is 1.01. The third kappa shape index (κ3) is 4.31. The van der Waals surface area contributed by atoms with Crippen LogP contribution in [0.15, 0.2) is 28.7 Å². The molecule has 0 bridgehead atoms. The van der Waals surface area contributed by atoms with Gasteiger partial charge in [0.15, 0.2) is 0 Å². The van der Waals surface area contributed by atoms with Gasteiger partial charge in [-0.2, -0.15) is 0 Å². The topological polar surface area (TPSA) is 23.5 Å². The Bertz CT molecular complexity index is 410. The monoisotopic (exact) mass is 339 g/mol. The Balaban J connectivity index is 1.91. The third-order valence-corrected chi connectivity index (χ3v) is 5.15. The number of hydrogen-bond donors (Lipinski definition) is 1. The van der Waals surface area contributed by atoms with E-state index in [0.29, 0.717) is 6.04 Å². The molecule has 1 aliphatic rings. The number of hydrogen-bond acceptors (Lipinski definition) is 2. The summed E-state index contributed by atoms with van der Waals surface area (Å²) in [5.74, 6) is 0. The molecule has 20 heavy (non-hydrogen) atoms. The Kier molecular flexibility index (Phi) is 6.53. The van der Waals surface area contributed by atoms with Gasteiger partial charge in [0, 0.05) is 17.1 Å². The molecular weight excluding hydrogens is 314 g/mol. The van der Waals surface area contributed by atoms with Gasteiger partial charge in [0.1, 0.15) is 0 Å². The summed E-state index contributed by atoms with van der Waals surface area (Å²) in [4.78, 5) is 2.59. The summed E-state index contributed by atoms with van der Waals surface area (Å²) in [6.45, 7) is 4.48. The van der Waals surface area contributed by atoms with E-state index in [4.69, 9.17) is 0 Å². The lowest BCUT2D eigenvalue weighted by molar-refractivity contribution is 0.122. The van der Waals surface area contributed by atoms with Crippen molar-refractivity contribution in [3.05, 3.63) is 34.3 Å². The van der Waals surface area contributed by atoms with Crippen LogP contribution in [0, 0.1) is 0 Å². The highest BCUT2D eigenvalue weighted by Gasteiger charge is 2.20.